The molecule has 0 saturated carbocycles. The van der Waals surface area contributed by atoms with Crippen molar-refractivity contribution in [1.82, 2.24) is 4.98 Å². The first-order valence-electron chi connectivity index (χ1n) is 8.67. The number of H-pyrrole nitrogens is 1. The van der Waals surface area contributed by atoms with E-state index in [9.17, 15) is 35.5 Å². The molecule has 0 aliphatic heterocycles. The second kappa shape index (κ2) is 8.00. The SMILES string of the molecule is O=C(OCCCc1c[nH]c2ccc(F)cc12)c1cc(C(F)(F)F)cc(C(F)(F)F)c1. The minimum absolute atomic E-state index is 0.0626. The van der Waals surface area contributed by atoms with E-state index in [1.807, 2.05) is 0 Å². The molecule has 0 fully saturated rings. The van der Waals surface area contributed by atoms with Crippen LogP contribution >= 0.6 is 0 Å². The van der Waals surface area contributed by atoms with Crippen molar-refractivity contribution in [3.05, 3.63) is 70.7 Å². The lowest BCUT2D eigenvalue weighted by Crippen LogP contribution is -2.15. The average molecular weight is 433 g/mol. The molecule has 160 valence electrons. The van der Waals surface area contributed by atoms with E-state index in [1.165, 1.54) is 12.1 Å². The van der Waals surface area contributed by atoms with Crippen molar-refractivity contribution in [3.8, 4) is 0 Å². The van der Waals surface area contributed by atoms with Gasteiger partial charge in [-0.05, 0) is 54.8 Å². The summed E-state index contributed by atoms with van der Waals surface area (Å²) in [4.78, 5) is 15.0. The average Bonchev–Trinajstić information content (AvgIpc) is 3.05. The quantitative estimate of drug-likeness (QED) is 0.299. The zero-order valence-electron chi connectivity index (χ0n) is 15.1. The highest BCUT2D eigenvalue weighted by atomic mass is 19.4. The summed E-state index contributed by atoms with van der Waals surface area (Å²) in [6, 6.07) is 4.75. The summed E-state index contributed by atoms with van der Waals surface area (Å²) in [5.41, 5.74) is -2.59. The Kier molecular flexibility index (Phi) is 5.78. The maximum atomic E-state index is 13.4. The van der Waals surface area contributed by atoms with Gasteiger partial charge in [-0.25, -0.2) is 9.18 Å². The number of esters is 1. The van der Waals surface area contributed by atoms with Gasteiger partial charge in [-0.2, -0.15) is 26.3 Å². The van der Waals surface area contributed by atoms with Crippen LogP contribution in [0.5, 0.6) is 0 Å². The summed E-state index contributed by atoms with van der Waals surface area (Å²) in [5, 5.41) is 0.633. The zero-order valence-corrected chi connectivity index (χ0v) is 15.1. The first kappa shape index (κ1) is 21.7. The van der Waals surface area contributed by atoms with Crippen LogP contribution in [0.3, 0.4) is 0 Å². The van der Waals surface area contributed by atoms with Gasteiger partial charge < -0.3 is 9.72 Å². The van der Waals surface area contributed by atoms with Crippen LogP contribution in [-0.2, 0) is 23.5 Å². The Bertz CT molecular complexity index is 1030. The van der Waals surface area contributed by atoms with Crippen LogP contribution in [0.1, 0.15) is 33.5 Å². The van der Waals surface area contributed by atoms with Gasteiger partial charge in [0.15, 0.2) is 0 Å². The number of aromatic amines is 1. The van der Waals surface area contributed by atoms with Crippen LogP contribution in [0.2, 0.25) is 0 Å². The second-order valence-corrected chi connectivity index (χ2v) is 6.54. The number of fused-ring (bicyclic) bond motifs is 1. The van der Waals surface area contributed by atoms with Gasteiger partial charge in [-0.1, -0.05) is 0 Å². The molecule has 1 heterocycles. The van der Waals surface area contributed by atoms with E-state index >= 15 is 0 Å². The lowest BCUT2D eigenvalue weighted by Gasteiger charge is -2.14. The van der Waals surface area contributed by atoms with Gasteiger partial charge in [0, 0.05) is 17.1 Å². The van der Waals surface area contributed by atoms with Crippen LogP contribution in [0, 0.1) is 5.82 Å². The fraction of sp³-hybridized carbons (Fsp3) is 0.250. The van der Waals surface area contributed by atoms with Crippen molar-refractivity contribution in [2.75, 3.05) is 6.61 Å². The summed E-state index contributed by atoms with van der Waals surface area (Å²) in [7, 11) is 0. The monoisotopic (exact) mass is 433 g/mol. The van der Waals surface area contributed by atoms with E-state index in [2.05, 4.69) is 4.98 Å². The number of benzene rings is 2. The Hall–Kier alpha value is -3.04. The molecule has 0 atom stereocenters. The highest BCUT2D eigenvalue weighted by Crippen LogP contribution is 2.36. The second-order valence-electron chi connectivity index (χ2n) is 6.54. The molecule has 0 amide bonds. The Balaban J connectivity index is 1.67. The van der Waals surface area contributed by atoms with Crippen molar-refractivity contribution in [2.24, 2.45) is 0 Å². The number of carbonyl (C=O) groups is 1. The summed E-state index contributed by atoms with van der Waals surface area (Å²) < 4.78 is 95.4. The van der Waals surface area contributed by atoms with Crippen molar-refractivity contribution in [3.63, 3.8) is 0 Å². The van der Waals surface area contributed by atoms with Gasteiger partial charge in [0.25, 0.3) is 0 Å². The molecule has 10 heteroatoms. The fourth-order valence-corrected chi connectivity index (χ4v) is 2.94. The van der Waals surface area contributed by atoms with Gasteiger partial charge >= 0.3 is 18.3 Å². The predicted molar refractivity (Wildman–Crippen MR) is 93.3 cm³/mol. The molecule has 0 bridgehead atoms. The zero-order chi connectivity index (χ0) is 22.1. The molecule has 3 rings (SSSR count). The number of hydrogen-bond donors (Lipinski definition) is 1. The minimum Gasteiger partial charge on any atom is -0.462 e. The molecule has 0 spiro atoms. The largest absolute Gasteiger partial charge is 0.462 e. The molecule has 0 radical (unpaired) electrons. The highest BCUT2D eigenvalue weighted by Gasteiger charge is 2.37. The molecule has 3 aromatic rings. The molecule has 30 heavy (non-hydrogen) atoms. The van der Waals surface area contributed by atoms with Gasteiger partial charge in [0.1, 0.15) is 5.82 Å². The van der Waals surface area contributed by atoms with Gasteiger partial charge in [0.2, 0.25) is 0 Å². The van der Waals surface area contributed by atoms with Crippen LogP contribution in [-0.4, -0.2) is 17.6 Å². The standard InChI is InChI=1S/C20H14F7NO2/c21-15-3-4-17-16(9-15)11(10-28-17)2-1-5-30-18(29)12-6-13(19(22,23)24)8-14(7-12)20(25,26)27/h3-4,6-10,28H,1-2,5H2. The Morgan fingerprint density at radius 3 is 2.17 bits per heavy atom. The topological polar surface area (TPSA) is 42.1 Å². The smallest absolute Gasteiger partial charge is 0.416 e. The van der Waals surface area contributed by atoms with Crippen LogP contribution in [0.15, 0.2) is 42.6 Å². The number of carbonyl (C=O) groups excluding carboxylic acids is 1. The predicted octanol–water partition coefficient (Wildman–Crippen LogP) is 6.13. The maximum Gasteiger partial charge on any atom is 0.416 e. The minimum atomic E-state index is -5.05. The number of alkyl halides is 6. The third kappa shape index (κ3) is 4.92. The van der Waals surface area contributed by atoms with Gasteiger partial charge in [0.05, 0.1) is 23.3 Å². The van der Waals surface area contributed by atoms with Crippen molar-refractivity contribution >= 4 is 16.9 Å². The Morgan fingerprint density at radius 2 is 1.57 bits per heavy atom. The molecule has 0 saturated heterocycles. The number of ether oxygens (including phenoxy) is 1. The molecule has 1 N–H and O–H groups in total. The van der Waals surface area contributed by atoms with Gasteiger partial charge in [-0.3, -0.25) is 0 Å². The lowest BCUT2D eigenvalue weighted by molar-refractivity contribution is -0.143. The van der Waals surface area contributed by atoms with Gasteiger partial charge in [-0.15, -0.1) is 0 Å². The van der Waals surface area contributed by atoms with E-state index in [1.54, 1.807) is 12.3 Å². The van der Waals surface area contributed by atoms with E-state index in [-0.39, 0.29) is 19.1 Å². The van der Waals surface area contributed by atoms with E-state index in [0.29, 0.717) is 29.5 Å². The molecular formula is C20H14F7NO2. The molecule has 0 aliphatic rings. The lowest BCUT2D eigenvalue weighted by atomic mass is 10.0. The van der Waals surface area contributed by atoms with E-state index in [4.69, 9.17) is 4.74 Å². The molecule has 0 aliphatic carbocycles. The summed E-state index contributed by atoms with van der Waals surface area (Å²) in [6.45, 7) is -0.238. The van der Waals surface area contributed by atoms with Crippen molar-refractivity contribution < 1.29 is 40.3 Å². The Labute approximate surface area is 165 Å². The molecular weight excluding hydrogens is 419 g/mol. The van der Waals surface area contributed by atoms with E-state index in [0.717, 1.165) is 5.56 Å². The van der Waals surface area contributed by atoms with Crippen LogP contribution in [0.4, 0.5) is 30.7 Å². The molecule has 1 aromatic heterocycles. The molecule has 2 aromatic carbocycles. The first-order chi connectivity index (χ1) is 13.9. The normalized spacial score (nSPS) is 12.4. The van der Waals surface area contributed by atoms with Crippen LogP contribution < -0.4 is 0 Å². The highest BCUT2D eigenvalue weighted by molar-refractivity contribution is 5.90. The number of hydrogen-bond acceptors (Lipinski definition) is 2. The number of nitrogens with one attached hydrogen (secondary N) is 1. The number of aryl methyl sites for hydroxylation is 1. The van der Waals surface area contributed by atoms with E-state index < -0.39 is 40.8 Å². The maximum absolute atomic E-state index is 13.4. The number of halogens is 7. The number of rotatable bonds is 5. The van der Waals surface area contributed by atoms with Crippen molar-refractivity contribution in [2.45, 2.75) is 25.2 Å². The number of aromatic nitrogens is 1. The fourth-order valence-electron chi connectivity index (χ4n) is 2.94. The van der Waals surface area contributed by atoms with Crippen molar-refractivity contribution in [1.29, 1.82) is 0 Å². The third-order valence-electron chi connectivity index (χ3n) is 4.38. The third-order valence-corrected chi connectivity index (χ3v) is 4.38. The summed E-state index contributed by atoms with van der Waals surface area (Å²) in [6.07, 6.45) is -7.87. The summed E-state index contributed by atoms with van der Waals surface area (Å²) in [5.74, 6) is -1.73. The molecule has 0 unspecified atom stereocenters. The Morgan fingerprint density at radius 1 is 0.933 bits per heavy atom. The van der Waals surface area contributed by atoms with Crippen LogP contribution in [0.25, 0.3) is 10.9 Å². The first-order valence-corrected chi connectivity index (χ1v) is 8.67. The molecule has 3 nitrogen and oxygen atoms in total. The summed E-state index contributed by atoms with van der Waals surface area (Å²) >= 11 is 0.